The SMILES string of the molecule is NC(F)C(F)(F)C1CCC(C(F)(C(N)F)C(F)(F)F)O1. The van der Waals surface area contributed by atoms with Crippen molar-refractivity contribution in [3.05, 3.63) is 0 Å². The molecule has 0 aromatic rings. The molecule has 3 nitrogen and oxygen atoms in total. The third kappa shape index (κ3) is 2.70. The summed E-state index contributed by atoms with van der Waals surface area (Å²) in [4.78, 5) is 0. The zero-order chi connectivity index (χ0) is 15.9. The molecule has 1 heterocycles. The van der Waals surface area contributed by atoms with Crippen molar-refractivity contribution in [3.8, 4) is 0 Å². The first-order valence-electron chi connectivity index (χ1n) is 5.43. The van der Waals surface area contributed by atoms with Crippen LogP contribution in [-0.2, 0) is 4.74 Å². The molecule has 4 N–H and O–H groups in total. The highest BCUT2D eigenvalue weighted by atomic mass is 19.4. The molecule has 5 atom stereocenters. The largest absolute Gasteiger partial charge is 0.429 e. The summed E-state index contributed by atoms with van der Waals surface area (Å²) in [5.41, 5.74) is 4.01. The van der Waals surface area contributed by atoms with E-state index in [2.05, 4.69) is 16.2 Å². The van der Waals surface area contributed by atoms with Crippen molar-refractivity contribution in [1.82, 2.24) is 0 Å². The molecule has 0 bridgehead atoms. The Hall–Kier alpha value is -0.680. The molecular weight excluding hydrogens is 304 g/mol. The lowest BCUT2D eigenvalue weighted by atomic mass is 9.94. The number of alkyl halides is 8. The highest BCUT2D eigenvalue weighted by Gasteiger charge is 2.68. The van der Waals surface area contributed by atoms with E-state index in [1.54, 1.807) is 0 Å². The van der Waals surface area contributed by atoms with E-state index in [9.17, 15) is 35.1 Å². The van der Waals surface area contributed by atoms with Crippen LogP contribution in [0.1, 0.15) is 12.8 Å². The first-order valence-corrected chi connectivity index (χ1v) is 5.43. The maximum absolute atomic E-state index is 13.8. The summed E-state index contributed by atoms with van der Waals surface area (Å²) in [5, 5.41) is 0. The number of rotatable bonds is 4. The van der Waals surface area contributed by atoms with E-state index < -0.39 is 55.4 Å². The molecule has 0 amide bonds. The van der Waals surface area contributed by atoms with Gasteiger partial charge in [0.05, 0.1) is 0 Å². The molecule has 0 spiro atoms. The molecule has 1 aliphatic heterocycles. The van der Waals surface area contributed by atoms with E-state index in [4.69, 9.17) is 0 Å². The Balaban J connectivity index is 2.96. The fraction of sp³-hybridized carbons (Fsp3) is 1.00. The van der Waals surface area contributed by atoms with Crippen molar-refractivity contribution in [1.29, 1.82) is 0 Å². The predicted molar refractivity (Wildman–Crippen MR) is 50.9 cm³/mol. The van der Waals surface area contributed by atoms with Crippen LogP contribution >= 0.6 is 0 Å². The van der Waals surface area contributed by atoms with Crippen LogP contribution in [0, 0.1) is 0 Å². The molecule has 20 heavy (non-hydrogen) atoms. The van der Waals surface area contributed by atoms with Crippen molar-refractivity contribution in [3.63, 3.8) is 0 Å². The van der Waals surface area contributed by atoms with Crippen LogP contribution < -0.4 is 11.5 Å². The van der Waals surface area contributed by atoms with Crippen molar-refractivity contribution in [2.75, 3.05) is 0 Å². The normalized spacial score (nSPS) is 30.9. The smallest absolute Gasteiger partial charge is 0.365 e. The maximum atomic E-state index is 13.8. The summed E-state index contributed by atoms with van der Waals surface area (Å²) in [6, 6.07) is 0. The molecule has 11 heteroatoms. The monoisotopic (exact) mass is 316 g/mol. The topological polar surface area (TPSA) is 61.3 Å². The van der Waals surface area contributed by atoms with Crippen molar-refractivity contribution in [2.24, 2.45) is 11.5 Å². The standard InChI is InChI=1S/C9H12F8N2O/c10-5(18)7(12,9(15,16)17)3-1-2-4(20-3)8(13,14)6(11)19/h3-6H,1-2,18-19H2. The Labute approximate surface area is 108 Å². The van der Waals surface area contributed by atoms with E-state index in [1.165, 1.54) is 0 Å². The Morgan fingerprint density at radius 2 is 1.30 bits per heavy atom. The second-order valence-electron chi connectivity index (χ2n) is 4.43. The molecule has 1 rings (SSSR count). The molecule has 0 aromatic carbocycles. The molecule has 0 aliphatic carbocycles. The molecule has 0 radical (unpaired) electrons. The zero-order valence-electron chi connectivity index (χ0n) is 9.81. The minimum Gasteiger partial charge on any atom is -0.365 e. The summed E-state index contributed by atoms with van der Waals surface area (Å²) in [6.45, 7) is 0. The second-order valence-corrected chi connectivity index (χ2v) is 4.43. The van der Waals surface area contributed by atoms with Gasteiger partial charge >= 0.3 is 12.1 Å². The van der Waals surface area contributed by atoms with Crippen LogP contribution in [0.2, 0.25) is 0 Å². The summed E-state index contributed by atoms with van der Waals surface area (Å²) in [6.07, 6.45) is -19.2. The van der Waals surface area contributed by atoms with Crippen molar-refractivity contribution in [2.45, 2.75) is 55.4 Å². The fourth-order valence-electron chi connectivity index (χ4n) is 1.92. The first-order chi connectivity index (χ1) is 8.85. The van der Waals surface area contributed by atoms with Gasteiger partial charge in [-0.3, -0.25) is 11.5 Å². The Morgan fingerprint density at radius 1 is 0.850 bits per heavy atom. The van der Waals surface area contributed by atoms with E-state index in [1.807, 2.05) is 0 Å². The van der Waals surface area contributed by atoms with Crippen molar-refractivity contribution >= 4 is 0 Å². The second kappa shape index (κ2) is 5.26. The number of nitrogens with two attached hydrogens (primary N) is 2. The number of halogens is 8. The van der Waals surface area contributed by atoms with Gasteiger partial charge in [-0.05, 0) is 12.8 Å². The quantitative estimate of drug-likeness (QED) is 0.615. The van der Waals surface area contributed by atoms with E-state index >= 15 is 0 Å². The molecule has 1 fully saturated rings. The van der Waals surface area contributed by atoms with Gasteiger partial charge in [-0.15, -0.1) is 0 Å². The molecule has 5 unspecified atom stereocenters. The van der Waals surface area contributed by atoms with Crippen LogP contribution in [0.15, 0.2) is 0 Å². The van der Waals surface area contributed by atoms with Gasteiger partial charge in [0.25, 0.3) is 5.67 Å². The molecule has 1 saturated heterocycles. The summed E-state index contributed by atoms with van der Waals surface area (Å²) in [7, 11) is 0. The van der Waals surface area contributed by atoms with Crippen LogP contribution in [0.3, 0.4) is 0 Å². The minimum absolute atomic E-state index is 0.816. The van der Waals surface area contributed by atoms with Crippen molar-refractivity contribution < 1.29 is 39.9 Å². The van der Waals surface area contributed by atoms with Gasteiger partial charge in [-0.25, -0.2) is 13.2 Å². The van der Waals surface area contributed by atoms with Gasteiger partial charge in [0.15, 0.2) is 6.30 Å². The number of ether oxygens (including phenoxy) is 1. The molecule has 0 aromatic heterocycles. The van der Waals surface area contributed by atoms with Gasteiger partial charge in [-0.1, -0.05) is 0 Å². The molecular formula is C9H12F8N2O. The fourth-order valence-corrected chi connectivity index (χ4v) is 1.92. The van der Waals surface area contributed by atoms with E-state index in [-0.39, 0.29) is 0 Å². The lowest BCUT2D eigenvalue weighted by molar-refractivity contribution is -0.291. The third-order valence-electron chi connectivity index (χ3n) is 3.12. The highest BCUT2D eigenvalue weighted by molar-refractivity contribution is 5.03. The average molecular weight is 316 g/mol. The number of hydrogen-bond donors (Lipinski definition) is 2. The number of hydrogen-bond acceptors (Lipinski definition) is 3. The van der Waals surface area contributed by atoms with Gasteiger partial charge in [0.1, 0.15) is 12.2 Å². The average Bonchev–Trinajstić information content (AvgIpc) is 2.75. The highest BCUT2D eigenvalue weighted by Crippen LogP contribution is 2.47. The summed E-state index contributed by atoms with van der Waals surface area (Å²) < 4.78 is 107. The van der Waals surface area contributed by atoms with Gasteiger partial charge in [0, 0.05) is 0 Å². The molecule has 120 valence electrons. The van der Waals surface area contributed by atoms with E-state index in [0.717, 1.165) is 0 Å². The Morgan fingerprint density at radius 3 is 1.65 bits per heavy atom. The minimum atomic E-state index is -5.77. The molecule has 1 aliphatic rings. The van der Waals surface area contributed by atoms with Crippen LogP contribution in [0.25, 0.3) is 0 Å². The summed E-state index contributed by atoms with van der Waals surface area (Å²) >= 11 is 0. The maximum Gasteiger partial charge on any atom is 0.429 e. The van der Waals surface area contributed by atoms with E-state index in [0.29, 0.717) is 0 Å². The lowest BCUT2D eigenvalue weighted by Gasteiger charge is -2.34. The van der Waals surface area contributed by atoms with Gasteiger partial charge in [-0.2, -0.15) is 22.0 Å². The zero-order valence-corrected chi connectivity index (χ0v) is 9.81. The predicted octanol–water partition coefficient (Wildman–Crippen LogP) is 1.95. The van der Waals surface area contributed by atoms with Crippen LogP contribution in [0.4, 0.5) is 35.1 Å². The Kier molecular flexibility index (Phi) is 4.57. The third-order valence-corrected chi connectivity index (χ3v) is 3.12. The lowest BCUT2D eigenvalue weighted by Crippen LogP contribution is -2.61. The van der Waals surface area contributed by atoms with Crippen LogP contribution in [0.5, 0.6) is 0 Å². The molecule has 0 saturated carbocycles. The van der Waals surface area contributed by atoms with Crippen LogP contribution in [-0.4, -0.2) is 42.6 Å². The van der Waals surface area contributed by atoms with Gasteiger partial charge < -0.3 is 4.74 Å². The Bertz CT molecular complexity index is 347. The first kappa shape index (κ1) is 17.4. The summed E-state index contributed by atoms with van der Waals surface area (Å²) in [5.74, 6) is -4.32. The van der Waals surface area contributed by atoms with Gasteiger partial charge in [0.2, 0.25) is 6.30 Å².